The van der Waals surface area contributed by atoms with E-state index < -0.39 is 0 Å². The maximum absolute atomic E-state index is 12.5. The van der Waals surface area contributed by atoms with E-state index in [9.17, 15) is 4.79 Å². The van der Waals surface area contributed by atoms with Gasteiger partial charge < -0.3 is 19.7 Å². The summed E-state index contributed by atoms with van der Waals surface area (Å²) < 4.78 is 11.5. The minimum absolute atomic E-state index is 0.109. The van der Waals surface area contributed by atoms with Gasteiger partial charge in [0.1, 0.15) is 0 Å². The maximum atomic E-state index is 12.5. The molecule has 27 heavy (non-hydrogen) atoms. The standard InChI is InChI=1S/C22H28N2O3/c1-24(18-8-4-3-5-9-18)15-14-23-22(25)17-12-13-20(21(16-17)26-2)27-19-10-6-7-11-19/h3-5,8-9,12-13,16,19H,6-7,10-11,14-15H2,1-2H3,(H,23,25). The predicted molar refractivity (Wildman–Crippen MR) is 108 cm³/mol. The molecule has 1 saturated carbocycles. The third-order valence-corrected chi connectivity index (χ3v) is 4.95. The van der Waals surface area contributed by atoms with Crippen LogP contribution in [0.5, 0.6) is 11.5 Å². The highest BCUT2D eigenvalue weighted by molar-refractivity contribution is 5.94. The normalized spacial score (nSPS) is 14.0. The van der Waals surface area contributed by atoms with Crippen molar-refractivity contribution in [1.29, 1.82) is 0 Å². The van der Waals surface area contributed by atoms with Gasteiger partial charge in [-0.3, -0.25) is 4.79 Å². The fraction of sp³-hybridized carbons (Fsp3) is 0.409. The number of benzene rings is 2. The van der Waals surface area contributed by atoms with Gasteiger partial charge in [-0.1, -0.05) is 18.2 Å². The Kier molecular flexibility index (Phi) is 6.58. The average molecular weight is 368 g/mol. The monoisotopic (exact) mass is 368 g/mol. The van der Waals surface area contributed by atoms with Gasteiger partial charge in [0.05, 0.1) is 13.2 Å². The third kappa shape index (κ3) is 5.16. The molecule has 2 aromatic carbocycles. The molecule has 1 fully saturated rings. The molecule has 5 heteroatoms. The van der Waals surface area contributed by atoms with E-state index in [0.29, 0.717) is 23.6 Å². The average Bonchev–Trinajstić information content (AvgIpc) is 3.22. The number of nitrogens with one attached hydrogen (secondary N) is 1. The van der Waals surface area contributed by atoms with Crippen LogP contribution in [-0.4, -0.2) is 39.3 Å². The number of carbonyl (C=O) groups is 1. The van der Waals surface area contributed by atoms with Gasteiger partial charge in [0, 0.05) is 31.4 Å². The summed E-state index contributed by atoms with van der Waals surface area (Å²) >= 11 is 0. The molecule has 1 amide bonds. The molecule has 0 saturated heterocycles. The molecule has 2 aromatic rings. The largest absolute Gasteiger partial charge is 0.493 e. The molecule has 1 N–H and O–H groups in total. The number of carbonyl (C=O) groups excluding carboxylic acids is 1. The molecule has 3 rings (SSSR count). The summed E-state index contributed by atoms with van der Waals surface area (Å²) in [5.41, 5.74) is 1.70. The molecule has 5 nitrogen and oxygen atoms in total. The third-order valence-electron chi connectivity index (χ3n) is 4.95. The van der Waals surface area contributed by atoms with E-state index in [4.69, 9.17) is 9.47 Å². The number of methoxy groups -OCH3 is 1. The Balaban J connectivity index is 1.54. The number of anilines is 1. The van der Waals surface area contributed by atoms with Crippen molar-refractivity contribution in [3.8, 4) is 11.5 Å². The molecular formula is C22H28N2O3. The zero-order chi connectivity index (χ0) is 19.1. The van der Waals surface area contributed by atoms with E-state index in [1.807, 2.05) is 31.3 Å². The number of hydrogen-bond donors (Lipinski definition) is 1. The van der Waals surface area contributed by atoms with Crippen LogP contribution >= 0.6 is 0 Å². The fourth-order valence-electron chi connectivity index (χ4n) is 3.34. The van der Waals surface area contributed by atoms with Crippen LogP contribution in [0, 0.1) is 0 Å². The van der Waals surface area contributed by atoms with Gasteiger partial charge in [0.15, 0.2) is 11.5 Å². The summed E-state index contributed by atoms with van der Waals surface area (Å²) in [4.78, 5) is 14.6. The van der Waals surface area contributed by atoms with Gasteiger partial charge in [-0.25, -0.2) is 0 Å². The second kappa shape index (κ2) is 9.31. The summed E-state index contributed by atoms with van der Waals surface area (Å²) in [6.07, 6.45) is 4.85. The van der Waals surface area contributed by atoms with E-state index in [-0.39, 0.29) is 12.0 Å². The lowest BCUT2D eigenvalue weighted by Gasteiger charge is -2.19. The van der Waals surface area contributed by atoms with Crippen LogP contribution in [0.25, 0.3) is 0 Å². The molecule has 0 radical (unpaired) electrons. The highest BCUT2D eigenvalue weighted by Crippen LogP contribution is 2.32. The molecule has 0 bridgehead atoms. The van der Waals surface area contributed by atoms with Crippen molar-refractivity contribution in [3.05, 3.63) is 54.1 Å². The van der Waals surface area contributed by atoms with E-state index >= 15 is 0 Å². The lowest BCUT2D eigenvalue weighted by atomic mass is 10.2. The van der Waals surface area contributed by atoms with Crippen molar-refractivity contribution in [3.63, 3.8) is 0 Å². The topological polar surface area (TPSA) is 50.8 Å². The first-order valence-corrected chi connectivity index (χ1v) is 9.56. The summed E-state index contributed by atoms with van der Waals surface area (Å²) in [7, 11) is 3.62. The molecule has 0 aliphatic heterocycles. The van der Waals surface area contributed by atoms with E-state index in [2.05, 4.69) is 22.3 Å². The minimum Gasteiger partial charge on any atom is -0.493 e. The van der Waals surface area contributed by atoms with Crippen LogP contribution in [0.1, 0.15) is 36.0 Å². The summed E-state index contributed by atoms with van der Waals surface area (Å²) in [6, 6.07) is 15.5. The van der Waals surface area contributed by atoms with Crippen molar-refractivity contribution in [2.75, 3.05) is 32.1 Å². The second-order valence-corrected chi connectivity index (χ2v) is 6.90. The van der Waals surface area contributed by atoms with E-state index in [1.54, 1.807) is 19.2 Å². The Hall–Kier alpha value is -2.69. The first-order valence-electron chi connectivity index (χ1n) is 9.56. The molecule has 0 aromatic heterocycles. The zero-order valence-corrected chi connectivity index (χ0v) is 16.1. The smallest absolute Gasteiger partial charge is 0.251 e. The summed E-state index contributed by atoms with van der Waals surface area (Å²) in [6.45, 7) is 1.29. The van der Waals surface area contributed by atoms with Crippen LogP contribution in [-0.2, 0) is 0 Å². The van der Waals surface area contributed by atoms with Crippen LogP contribution in [0.2, 0.25) is 0 Å². The SMILES string of the molecule is COc1cc(C(=O)NCCN(C)c2ccccc2)ccc1OC1CCCC1. The maximum Gasteiger partial charge on any atom is 0.251 e. The van der Waals surface area contributed by atoms with Gasteiger partial charge in [0.2, 0.25) is 0 Å². The lowest BCUT2D eigenvalue weighted by molar-refractivity contribution is 0.0954. The molecule has 1 aliphatic carbocycles. The van der Waals surface area contributed by atoms with Crippen LogP contribution in [0.4, 0.5) is 5.69 Å². The number of nitrogens with zero attached hydrogens (tertiary/aromatic N) is 1. The molecule has 144 valence electrons. The Morgan fingerprint density at radius 2 is 1.85 bits per heavy atom. The van der Waals surface area contributed by atoms with Gasteiger partial charge >= 0.3 is 0 Å². The Bertz CT molecular complexity index is 742. The zero-order valence-electron chi connectivity index (χ0n) is 16.1. The quantitative estimate of drug-likeness (QED) is 0.768. The predicted octanol–water partition coefficient (Wildman–Crippen LogP) is 3.88. The number of para-hydroxylation sites is 1. The Labute approximate surface area is 161 Å². The van der Waals surface area contributed by atoms with Gasteiger partial charge in [0.25, 0.3) is 5.91 Å². The molecule has 0 spiro atoms. The van der Waals surface area contributed by atoms with E-state index in [0.717, 1.165) is 25.1 Å². The molecule has 0 heterocycles. The molecule has 0 unspecified atom stereocenters. The van der Waals surface area contributed by atoms with E-state index in [1.165, 1.54) is 12.8 Å². The van der Waals surface area contributed by atoms with Crippen molar-refractivity contribution >= 4 is 11.6 Å². The second-order valence-electron chi connectivity index (χ2n) is 6.90. The van der Waals surface area contributed by atoms with Gasteiger partial charge in [-0.2, -0.15) is 0 Å². The molecular weight excluding hydrogens is 340 g/mol. The highest BCUT2D eigenvalue weighted by Gasteiger charge is 2.19. The Morgan fingerprint density at radius 1 is 1.11 bits per heavy atom. The number of amides is 1. The fourth-order valence-corrected chi connectivity index (χ4v) is 3.34. The number of ether oxygens (including phenoxy) is 2. The van der Waals surface area contributed by atoms with Gasteiger partial charge in [-0.15, -0.1) is 0 Å². The van der Waals surface area contributed by atoms with Crippen molar-refractivity contribution in [1.82, 2.24) is 5.32 Å². The first-order chi connectivity index (χ1) is 13.2. The summed E-state index contributed by atoms with van der Waals surface area (Å²) in [5.74, 6) is 1.21. The molecule has 0 atom stereocenters. The minimum atomic E-state index is -0.109. The van der Waals surface area contributed by atoms with Crippen LogP contribution in [0.3, 0.4) is 0 Å². The van der Waals surface area contributed by atoms with Crippen LogP contribution in [0.15, 0.2) is 48.5 Å². The first kappa shape index (κ1) is 19.1. The Morgan fingerprint density at radius 3 is 2.56 bits per heavy atom. The van der Waals surface area contributed by atoms with Crippen molar-refractivity contribution < 1.29 is 14.3 Å². The lowest BCUT2D eigenvalue weighted by Crippen LogP contribution is -2.33. The number of likely N-dealkylation sites (N-methyl/N-ethyl adjacent to an activating group) is 1. The van der Waals surface area contributed by atoms with Crippen LogP contribution < -0.4 is 19.7 Å². The number of hydrogen-bond acceptors (Lipinski definition) is 4. The highest BCUT2D eigenvalue weighted by atomic mass is 16.5. The van der Waals surface area contributed by atoms with Crippen molar-refractivity contribution in [2.45, 2.75) is 31.8 Å². The molecule has 1 aliphatic rings. The summed E-state index contributed by atoms with van der Waals surface area (Å²) in [5, 5.41) is 2.97. The van der Waals surface area contributed by atoms with Crippen molar-refractivity contribution in [2.24, 2.45) is 0 Å². The number of rotatable bonds is 8. The van der Waals surface area contributed by atoms with Gasteiger partial charge in [-0.05, 0) is 56.0 Å².